The Morgan fingerprint density at radius 2 is 2.06 bits per heavy atom. The van der Waals surface area contributed by atoms with E-state index in [-0.39, 0.29) is 0 Å². The summed E-state index contributed by atoms with van der Waals surface area (Å²) < 4.78 is 0. The predicted octanol–water partition coefficient (Wildman–Crippen LogP) is 4.09. The minimum atomic E-state index is 0.472. The van der Waals surface area contributed by atoms with Crippen LogP contribution in [0.25, 0.3) is 0 Å². The Morgan fingerprint density at radius 1 is 1.31 bits per heavy atom. The van der Waals surface area contributed by atoms with Crippen LogP contribution in [0.2, 0.25) is 0 Å². The quantitative estimate of drug-likeness (QED) is 0.359. The van der Waals surface area contributed by atoms with Gasteiger partial charge in [0.15, 0.2) is 0 Å². The Morgan fingerprint density at radius 3 is 2.75 bits per heavy atom. The molecule has 0 radical (unpaired) electrons. The van der Waals surface area contributed by atoms with Crippen LogP contribution in [0.4, 0.5) is 0 Å². The zero-order chi connectivity index (χ0) is 11.6. The van der Waals surface area contributed by atoms with Crippen molar-refractivity contribution in [2.24, 2.45) is 0 Å². The molecule has 1 aromatic rings. The summed E-state index contributed by atoms with van der Waals surface area (Å²) in [6, 6.07) is 10.2. The van der Waals surface area contributed by atoms with E-state index in [0.29, 0.717) is 5.04 Å². The van der Waals surface area contributed by atoms with Crippen molar-refractivity contribution in [3.8, 4) is 11.8 Å². The van der Waals surface area contributed by atoms with Gasteiger partial charge in [-0.1, -0.05) is 61.4 Å². The highest BCUT2D eigenvalue weighted by molar-refractivity contribution is 8.13. The van der Waals surface area contributed by atoms with Gasteiger partial charge in [0.25, 0.3) is 0 Å². The Kier molecular flexibility index (Phi) is 6.44. The molecule has 0 aliphatic carbocycles. The molecule has 0 spiro atoms. The molecule has 0 amide bonds. The molecule has 84 valence electrons. The first-order valence-corrected chi connectivity index (χ1v) is 6.55. The molecule has 1 nitrogen and oxygen atoms in total. The Hall–Kier alpha value is -1.20. The van der Waals surface area contributed by atoms with Crippen LogP contribution in [0.5, 0.6) is 0 Å². The lowest BCUT2D eigenvalue weighted by Gasteiger charge is -1.97. The fourth-order valence-electron chi connectivity index (χ4n) is 1.17. The average molecular weight is 231 g/mol. The number of hydrogen-bond donors (Lipinski definition) is 1. The molecule has 0 fully saturated rings. The smallest absolute Gasteiger partial charge is 0.139 e. The van der Waals surface area contributed by atoms with Gasteiger partial charge >= 0.3 is 0 Å². The fraction of sp³-hybridized carbons (Fsp3) is 0.357. The molecular formula is C14H17NS. The Balaban J connectivity index is 2.27. The van der Waals surface area contributed by atoms with E-state index in [1.165, 1.54) is 23.7 Å². The van der Waals surface area contributed by atoms with E-state index in [1.54, 1.807) is 0 Å². The number of thioether (sulfide) groups is 1. The van der Waals surface area contributed by atoms with E-state index in [1.807, 2.05) is 18.2 Å². The molecule has 16 heavy (non-hydrogen) atoms. The third-order valence-electron chi connectivity index (χ3n) is 2.08. The van der Waals surface area contributed by atoms with Crippen LogP contribution < -0.4 is 0 Å². The number of nitrogens with one attached hydrogen (secondary N) is 1. The highest BCUT2D eigenvalue weighted by atomic mass is 32.2. The van der Waals surface area contributed by atoms with E-state index in [0.717, 1.165) is 18.6 Å². The second kappa shape index (κ2) is 8.01. The van der Waals surface area contributed by atoms with Gasteiger partial charge in [-0.25, -0.2) is 0 Å². The van der Waals surface area contributed by atoms with Gasteiger partial charge in [0.05, 0.1) is 0 Å². The predicted molar refractivity (Wildman–Crippen MR) is 72.8 cm³/mol. The molecular weight excluding hydrogens is 214 g/mol. The van der Waals surface area contributed by atoms with Gasteiger partial charge in [0.2, 0.25) is 0 Å². The second-order valence-corrected chi connectivity index (χ2v) is 4.49. The third-order valence-corrected chi connectivity index (χ3v) is 2.95. The number of unbranched alkanes of at least 4 members (excludes halogenated alkanes) is 2. The first kappa shape index (κ1) is 12.9. The lowest BCUT2D eigenvalue weighted by molar-refractivity contribution is 0.828. The summed E-state index contributed by atoms with van der Waals surface area (Å²) in [7, 11) is 0. The van der Waals surface area contributed by atoms with Crippen molar-refractivity contribution in [3.05, 3.63) is 35.9 Å². The molecule has 0 aliphatic heterocycles. The van der Waals surface area contributed by atoms with Gasteiger partial charge in [-0.3, -0.25) is 5.41 Å². The van der Waals surface area contributed by atoms with Crippen LogP contribution in [0.3, 0.4) is 0 Å². The maximum atomic E-state index is 7.66. The van der Waals surface area contributed by atoms with Crippen LogP contribution >= 0.6 is 11.8 Å². The Bertz CT molecular complexity index is 373. The van der Waals surface area contributed by atoms with Gasteiger partial charge in [0, 0.05) is 12.2 Å². The van der Waals surface area contributed by atoms with Gasteiger partial charge in [-0.2, -0.15) is 0 Å². The second-order valence-electron chi connectivity index (χ2n) is 3.51. The van der Waals surface area contributed by atoms with E-state index >= 15 is 0 Å². The van der Waals surface area contributed by atoms with E-state index in [9.17, 15) is 0 Å². The molecule has 1 N–H and O–H groups in total. The minimum Gasteiger partial charge on any atom is -0.286 e. The zero-order valence-electron chi connectivity index (χ0n) is 9.62. The molecule has 1 aromatic carbocycles. The number of benzene rings is 1. The molecule has 0 aliphatic rings. The molecule has 0 aromatic heterocycles. The maximum Gasteiger partial charge on any atom is 0.139 e. The van der Waals surface area contributed by atoms with E-state index in [2.05, 4.69) is 30.9 Å². The largest absolute Gasteiger partial charge is 0.286 e. The molecule has 0 unspecified atom stereocenters. The lowest BCUT2D eigenvalue weighted by atomic mass is 10.2. The molecule has 0 heterocycles. The standard InChI is InChI=1S/C14H17NS/c1-2-3-4-8-11-14(15)16-12-13-9-6-5-7-10-13/h5-7,9-10,15H,2-4,12H2,1H3. The summed E-state index contributed by atoms with van der Waals surface area (Å²) in [5, 5.41) is 8.13. The van der Waals surface area contributed by atoms with Crippen LogP contribution in [0.15, 0.2) is 30.3 Å². The van der Waals surface area contributed by atoms with Crippen molar-refractivity contribution in [2.75, 3.05) is 0 Å². The van der Waals surface area contributed by atoms with Gasteiger partial charge < -0.3 is 0 Å². The highest BCUT2D eigenvalue weighted by Gasteiger charge is 1.94. The number of rotatable bonds is 4. The van der Waals surface area contributed by atoms with Crippen molar-refractivity contribution in [3.63, 3.8) is 0 Å². The van der Waals surface area contributed by atoms with E-state index in [4.69, 9.17) is 5.41 Å². The molecule has 0 atom stereocenters. The molecule has 2 heteroatoms. The van der Waals surface area contributed by atoms with Crippen LogP contribution in [-0.4, -0.2) is 5.04 Å². The zero-order valence-corrected chi connectivity index (χ0v) is 10.4. The van der Waals surface area contributed by atoms with Gasteiger partial charge in [-0.05, 0) is 17.9 Å². The van der Waals surface area contributed by atoms with Crippen molar-refractivity contribution in [2.45, 2.75) is 31.9 Å². The van der Waals surface area contributed by atoms with Crippen LogP contribution in [0.1, 0.15) is 31.7 Å². The maximum absolute atomic E-state index is 7.66. The summed E-state index contributed by atoms with van der Waals surface area (Å²) >= 11 is 1.50. The Labute approximate surface area is 102 Å². The monoisotopic (exact) mass is 231 g/mol. The fourth-order valence-corrected chi connectivity index (χ4v) is 1.82. The summed E-state index contributed by atoms with van der Waals surface area (Å²) in [5.41, 5.74) is 1.24. The van der Waals surface area contributed by atoms with Crippen molar-refractivity contribution >= 4 is 16.8 Å². The molecule has 0 saturated heterocycles. The lowest BCUT2D eigenvalue weighted by Crippen LogP contribution is -1.87. The third kappa shape index (κ3) is 5.63. The van der Waals surface area contributed by atoms with Gasteiger partial charge in [-0.15, -0.1) is 0 Å². The normalized spacial score (nSPS) is 9.31. The first-order valence-electron chi connectivity index (χ1n) is 5.57. The molecule has 0 saturated carbocycles. The van der Waals surface area contributed by atoms with Crippen molar-refractivity contribution in [1.82, 2.24) is 0 Å². The highest BCUT2D eigenvalue weighted by Crippen LogP contribution is 2.12. The van der Waals surface area contributed by atoms with Crippen molar-refractivity contribution in [1.29, 1.82) is 5.41 Å². The summed E-state index contributed by atoms with van der Waals surface area (Å²) in [5.74, 6) is 6.75. The van der Waals surface area contributed by atoms with E-state index < -0.39 is 0 Å². The molecule has 1 rings (SSSR count). The van der Waals surface area contributed by atoms with Crippen LogP contribution in [-0.2, 0) is 5.75 Å². The summed E-state index contributed by atoms with van der Waals surface area (Å²) in [6.45, 7) is 2.15. The van der Waals surface area contributed by atoms with Gasteiger partial charge in [0.1, 0.15) is 5.04 Å². The minimum absolute atomic E-state index is 0.472. The summed E-state index contributed by atoms with van der Waals surface area (Å²) in [4.78, 5) is 0. The number of hydrogen-bond acceptors (Lipinski definition) is 2. The summed E-state index contributed by atoms with van der Waals surface area (Å²) in [6.07, 6.45) is 3.20. The first-order chi connectivity index (χ1) is 7.83. The van der Waals surface area contributed by atoms with Crippen LogP contribution in [0, 0.1) is 17.3 Å². The topological polar surface area (TPSA) is 23.9 Å². The SMILES string of the molecule is CCCCC#CC(=N)SCc1ccccc1. The average Bonchev–Trinajstić information content (AvgIpc) is 2.33. The van der Waals surface area contributed by atoms with Crippen molar-refractivity contribution < 1.29 is 0 Å². The molecule has 0 bridgehead atoms.